The first-order valence-electron chi connectivity index (χ1n) is 6.69. The zero-order valence-corrected chi connectivity index (χ0v) is 12.8. The summed E-state index contributed by atoms with van der Waals surface area (Å²) in [6, 6.07) is 13.3. The maximum atomic E-state index is 12.4. The molecule has 0 saturated heterocycles. The number of aromatic nitrogens is 1. The van der Waals surface area contributed by atoms with E-state index in [-0.39, 0.29) is 4.90 Å². The minimum Gasteiger partial charge on any atom is -0.399 e. The number of anilines is 2. The van der Waals surface area contributed by atoms with E-state index in [2.05, 4.69) is 9.71 Å². The van der Waals surface area contributed by atoms with Crippen LogP contribution in [0.25, 0.3) is 10.8 Å². The molecule has 22 heavy (non-hydrogen) atoms. The molecular weight excluding hydrogens is 298 g/mol. The topological polar surface area (TPSA) is 85.1 Å². The zero-order chi connectivity index (χ0) is 15.7. The average Bonchev–Trinajstić information content (AvgIpc) is 2.47. The summed E-state index contributed by atoms with van der Waals surface area (Å²) in [6.45, 7) is 1.92. The lowest BCUT2D eigenvalue weighted by Gasteiger charge is -2.10. The summed E-state index contributed by atoms with van der Waals surface area (Å²) in [4.78, 5) is 4.39. The summed E-state index contributed by atoms with van der Waals surface area (Å²) >= 11 is 0. The van der Waals surface area contributed by atoms with Gasteiger partial charge < -0.3 is 5.73 Å². The Balaban J connectivity index is 1.97. The van der Waals surface area contributed by atoms with Crippen molar-refractivity contribution in [3.8, 4) is 0 Å². The van der Waals surface area contributed by atoms with Crippen LogP contribution in [0.15, 0.2) is 59.6 Å². The maximum Gasteiger partial charge on any atom is 0.261 e. The molecule has 2 aromatic carbocycles. The van der Waals surface area contributed by atoms with Gasteiger partial charge in [0.2, 0.25) is 0 Å². The molecule has 0 aliphatic heterocycles. The Bertz CT molecular complexity index is 935. The molecule has 0 unspecified atom stereocenters. The molecule has 3 aromatic rings. The SMILES string of the molecule is Cc1nccc2cc(NS(=O)(=O)c3ccc(N)cc3)ccc12. The molecule has 0 fully saturated rings. The van der Waals surface area contributed by atoms with Gasteiger partial charge in [0.05, 0.1) is 4.90 Å². The summed E-state index contributed by atoms with van der Waals surface area (Å²) in [6.07, 6.45) is 1.70. The number of nitrogens with zero attached hydrogens (tertiary/aromatic N) is 1. The normalized spacial score (nSPS) is 11.5. The van der Waals surface area contributed by atoms with Crippen molar-refractivity contribution in [2.45, 2.75) is 11.8 Å². The van der Waals surface area contributed by atoms with E-state index in [1.807, 2.05) is 19.1 Å². The first-order chi connectivity index (χ1) is 10.5. The Morgan fingerprint density at radius 3 is 2.50 bits per heavy atom. The van der Waals surface area contributed by atoms with Crippen LogP contribution in [0.1, 0.15) is 5.69 Å². The number of nitrogens with one attached hydrogen (secondary N) is 1. The highest BCUT2D eigenvalue weighted by atomic mass is 32.2. The molecule has 3 N–H and O–H groups in total. The van der Waals surface area contributed by atoms with Gasteiger partial charge in [0.25, 0.3) is 10.0 Å². The molecular formula is C16H15N3O2S. The zero-order valence-electron chi connectivity index (χ0n) is 11.9. The molecule has 0 atom stereocenters. The Kier molecular flexibility index (Phi) is 3.46. The monoisotopic (exact) mass is 313 g/mol. The third kappa shape index (κ3) is 2.73. The van der Waals surface area contributed by atoms with Crippen molar-refractivity contribution in [2.75, 3.05) is 10.5 Å². The number of nitrogen functional groups attached to an aromatic ring is 1. The van der Waals surface area contributed by atoms with E-state index < -0.39 is 10.0 Å². The first kappa shape index (κ1) is 14.3. The van der Waals surface area contributed by atoms with Gasteiger partial charge in [-0.3, -0.25) is 9.71 Å². The van der Waals surface area contributed by atoms with E-state index in [0.717, 1.165) is 16.5 Å². The number of nitrogens with two attached hydrogens (primary N) is 1. The molecule has 112 valence electrons. The summed E-state index contributed by atoms with van der Waals surface area (Å²) in [5.74, 6) is 0. The van der Waals surface area contributed by atoms with Gasteiger partial charge in [-0.25, -0.2) is 8.42 Å². The van der Waals surface area contributed by atoms with E-state index >= 15 is 0 Å². The molecule has 0 amide bonds. The number of aryl methyl sites for hydroxylation is 1. The van der Waals surface area contributed by atoms with Crippen molar-refractivity contribution in [2.24, 2.45) is 0 Å². The lowest BCUT2D eigenvalue weighted by Crippen LogP contribution is -2.12. The van der Waals surface area contributed by atoms with Gasteiger partial charge in [-0.2, -0.15) is 0 Å². The fourth-order valence-electron chi connectivity index (χ4n) is 2.25. The highest BCUT2D eigenvalue weighted by Crippen LogP contribution is 2.23. The second-order valence-corrected chi connectivity index (χ2v) is 6.69. The molecule has 0 radical (unpaired) electrons. The minimum absolute atomic E-state index is 0.174. The Morgan fingerprint density at radius 2 is 1.77 bits per heavy atom. The first-order valence-corrected chi connectivity index (χ1v) is 8.18. The van der Waals surface area contributed by atoms with Gasteiger partial charge in [-0.05, 0) is 54.8 Å². The summed E-state index contributed by atoms with van der Waals surface area (Å²) in [7, 11) is -3.63. The number of rotatable bonds is 3. The van der Waals surface area contributed by atoms with E-state index in [0.29, 0.717) is 11.4 Å². The number of hydrogen-bond acceptors (Lipinski definition) is 4. The van der Waals surface area contributed by atoms with Crippen LogP contribution in [0.3, 0.4) is 0 Å². The number of sulfonamides is 1. The predicted molar refractivity (Wildman–Crippen MR) is 88.1 cm³/mol. The maximum absolute atomic E-state index is 12.4. The van der Waals surface area contributed by atoms with Crippen LogP contribution in [0.2, 0.25) is 0 Å². The molecule has 0 aliphatic rings. The fraction of sp³-hybridized carbons (Fsp3) is 0.0625. The van der Waals surface area contributed by atoms with Crippen molar-refractivity contribution in [3.63, 3.8) is 0 Å². The van der Waals surface area contributed by atoms with Crippen molar-refractivity contribution < 1.29 is 8.42 Å². The third-order valence-electron chi connectivity index (χ3n) is 3.41. The summed E-state index contributed by atoms with van der Waals surface area (Å²) in [5.41, 5.74) is 7.52. The van der Waals surface area contributed by atoms with Gasteiger partial charge in [-0.15, -0.1) is 0 Å². The smallest absolute Gasteiger partial charge is 0.261 e. The van der Waals surface area contributed by atoms with Crippen molar-refractivity contribution in [1.29, 1.82) is 0 Å². The summed E-state index contributed by atoms with van der Waals surface area (Å²) in [5, 5.41) is 1.93. The molecule has 5 nitrogen and oxygen atoms in total. The van der Waals surface area contributed by atoms with Gasteiger partial charge in [-0.1, -0.05) is 6.07 Å². The number of fused-ring (bicyclic) bond motifs is 1. The van der Waals surface area contributed by atoms with Gasteiger partial charge >= 0.3 is 0 Å². The highest BCUT2D eigenvalue weighted by Gasteiger charge is 2.14. The second kappa shape index (κ2) is 5.31. The third-order valence-corrected chi connectivity index (χ3v) is 4.80. The molecule has 1 aromatic heterocycles. The van der Waals surface area contributed by atoms with Crippen LogP contribution in [-0.2, 0) is 10.0 Å². The van der Waals surface area contributed by atoms with Crippen LogP contribution in [0.4, 0.5) is 11.4 Å². The predicted octanol–water partition coefficient (Wildman–Crippen LogP) is 2.93. The molecule has 0 aliphatic carbocycles. The van der Waals surface area contributed by atoms with Crippen LogP contribution < -0.4 is 10.5 Å². The number of pyridine rings is 1. The van der Waals surface area contributed by atoms with E-state index in [4.69, 9.17) is 5.73 Å². The molecule has 0 spiro atoms. The Labute approximate surface area is 128 Å². The van der Waals surface area contributed by atoms with Crippen molar-refractivity contribution in [3.05, 3.63) is 60.4 Å². The molecule has 0 bridgehead atoms. The standard InChI is InChI=1S/C16H15N3O2S/c1-11-16-7-4-14(10-12(16)8-9-18-11)19-22(20,21)15-5-2-13(17)3-6-15/h2-10,19H,17H2,1H3. The highest BCUT2D eigenvalue weighted by molar-refractivity contribution is 7.92. The second-order valence-electron chi connectivity index (χ2n) is 5.01. The van der Waals surface area contributed by atoms with Gasteiger partial charge in [0, 0.05) is 28.7 Å². The minimum atomic E-state index is -3.63. The molecule has 3 rings (SSSR count). The van der Waals surface area contributed by atoms with Crippen molar-refractivity contribution >= 4 is 32.2 Å². The van der Waals surface area contributed by atoms with Crippen molar-refractivity contribution in [1.82, 2.24) is 4.98 Å². The van der Waals surface area contributed by atoms with Crippen LogP contribution in [-0.4, -0.2) is 13.4 Å². The van der Waals surface area contributed by atoms with E-state index in [1.54, 1.807) is 30.5 Å². The Hall–Kier alpha value is -2.60. The van der Waals surface area contributed by atoms with Gasteiger partial charge in [0.15, 0.2) is 0 Å². The lowest BCUT2D eigenvalue weighted by atomic mass is 10.1. The van der Waals surface area contributed by atoms with E-state index in [1.165, 1.54) is 12.1 Å². The van der Waals surface area contributed by atoms with Crippen LogP contribution in [0.5, 0.6) is 0 Å². The molecule has 0 saturated carbocycles. The van der Waals surface area contributed by atoms with Crippen LogP contribution in [0, 0.1) is 6.92 Å². The fourth-order valence-corrected chi connectivity index (χ4v) is 3.30. The quantitative estimate of drug-likeness (QED) is 0.728. The van der Waals surface area contributed by atoms with Gasteiger partial charge in [0.1, 0.15) is 0 Å². The largest absolute Gasteiger partial charge is 0.399 e. The lowest BCUT2D eigenvalue weighted by molar-refractivity contribution is 0.601. The average molecular weight is 313 g/mol. The number of benzene rings is 2. The molecule has 6 heteroatoms. The van der Waals surface area contributed by atoms with E-state index in [9.17, 15) is 8.42 Å². The van der Waals surface area contributed by atoms with Crippen LogP contribution >= 0.6 is 0 Å². The number of hydrogen-bond donors (Lipinski definition) is 2. The Morgan fingerprint density at radius 1 is 1.05 bits per heavy atom. The summed E-state index contributed by atoms with van der Waals surface area (Å²) < 4.78 is 27.3. The molecule has 1 heterocycles.